The fourth-order valence-electron chi connectivity index (χ4n) is 3.34. The first-order chi connectivity index (χ1) is 10.6. The molecule has 1 aliphatic rings. The third kappa shape index (κ3) is 5.27. The van der Waals surface area contributed by atoms with Crippen LogP contribution in [-0.4, -0.2) is 50.1 Å². The van der Waals surface area contributed by atoms with Gasteiger partial charge in [0, 0.05) is 31.7 Å². The molecule has 5 nitrogen and oxygen atoms in total. The minimum Gasteiger partial charge on any atom is -0.469 e. The summed E-state index contributed by atoms with van der Waals surface area (Å²) in [6.07, 6.45) is 4.68. The van der Waals surface area contributed by atoms with E-state index in [9.17, 15) is 4.79 Å². The highest BCUT2D eigenvalue weighted by Crippen LogP contribution is 2.25. The Labute approximate surface area is 135 Å². The molecule has 128 valence electrons. The van der Waals surface area contributed by atoms with Crippen LogP contribution in [0.2, 0.25) is 0 Å². The van der Waals surface area contributed by atoms with Crippen LogP contribution in [-0.2, 0) is 14.3 Å². The molecular weight excluding hydrogens is 280 g/mol. The van der Waals surface area contributed by atoms with Gasteiger partial charge in [0.1, 0.15) is 0 Å². The Hall–Kier alpha value is -1.10. The average Bonchev–Trinajstić information content (AvgIpc) is 2.94. The van der Waals surface area contributed by atoms with Crippen molar-refractivity contribution in [2.75, 3.05) is 27.4 Å². The van der Waals surface area contributed by atoms with Gasteiger partial charge >= 0.3 is 5.97 Å². The largest absolute Gasteiger partial charge is 0.469 e. The number of rotatable bonds is 9. The predicted molar refractivity (Wildman–Crippen MR) is 88.9 cm³/mol. The van der Waals surface area contributed by atoms with E-state index in [2.05, 4.69) is 25.8 Å². The second-order valence-corrected chi connectivity index (χ2v) is 6.13. The molecule has 0 aromatic carbocycles. The summed E-state index contributed by atoms with van der Waals surface area (Å²) in [7, 11) is 3.19. The molecule has 1 heterocycles. The molecular formula is C17H32N2O3. The first-order valence-corrected chi connectivity index (χ1v) is 8.47. The number of methoxy groups -OCH3 is 2. The van der Waals surface area contributed by atoms with Crippen molar-refractivity contribution in [1.82, 2.24) is 5.01 Å². The van der Waals surface area contributed by atoms with E-state index in [0.717, 1.165) is 32.4 Å². The van der Waals surface area contributed by atoms with Crippen LogP contribution in [0.4, 0.5) is 0 Å². The Balaban J connectivity index is 2.81. The summed E-state index contributed by atoms with van der Waals surface area (Å²) in [6.45, 7) is 8.16. The molecule has 0 aliphatic carbocycles. The first kappa shape index (κ1) is 18.9. The Morgan fingerprint density at radius 3 is 2.64 bits per heavy atom. The molecule has 0 bridgehead atoms. The highest BCUT2D eigenvalue weighted by molar-refractivity contribution is 5.87. The third-order valence-corrected chi connectivity index (χ3v) is 4.60. The molecule has 0 saturated carbocycles. The van der Waals surface area contributed by atoms with Gasteiger partial charge in [-0.2, -0.15) is 5.10 Å². The molecule has 5 heteroatoms. The number of carbonyl (C=O) groups is 1. The molecule has 22 heavy (non-hydrogen) atoms. The third-order valence-electron chi connectivity index (χ3n) is 4.60. The van der Waals surface area contributed by atoms with Crippen LogP contribution in [0, 0.1) is 11.8 Å². The van der Waals surface area contributed by atoms with E-state index in [4.69, 9.17) is 14.6 Å². The molecule has 1 aliphatic heterocycles. The number of hydrazone groups is 1. The van der Waals surface area contributed by atoms with Crippen LogP contribution in [0.3, 0.4) is 0 Å². The van der Waals surface area contributed by atoms with Gasteiger partial charge in [0.05, 0.1) is 19.8 Å². The van der Waals surface area contributed by atoms with Gasteiger partial charge in [0.15, 0.2) is 0 Å². The highest BCUT2D eigenvalue weighted by atomic mass is 16.5. The van der Waals surface area contributed by atoms with Crippen molar-refractivity contribution < 1.29 is 14.3 Å². The molecule has 0 unspecified atom stereocenters. The van der Waals surface area contributed by atoms with Gasteiger partial charge in [-0.1, -0.05) is 20.8 Å². The number of esters is 1. The van der Waals surface area contributed by atoms with Crippen molar-refractivity contribution in [3.8, 4) is 0 Å². The quantitative estimate of drug-likeness (QED) is 0.485. The van der Waals surface area contributed by atoms with E-state index in [1.807, 2.05) is 0 Å². The summed E-state index contributed by atoms with van der Waals surface area (Å²) in [4.78, 5) is 11.5. The summed E-state index contributed by atoms with van der Waals surface area (Å²) >= 11 is 0. The summed E-state index contributed by atoms with van der Waals surface area (Å²) < 4.78 is 10.1. The Bertz CT molecular complexity index is 371. The number of hydrogen-bond donors (Lipinski definition) is 0. The van der Waals surface area contributed by atoms with Crippen LogP contribution in [0.5, 0.6) is 0 Å². The lowest BCUT2D eigenvalue weighted by atomic mass is 9.84. The number of nitrogens with zero attached hydrogens (tertiary/aromatic N) is 2. The highest BCUT2D eigenvalue weighted by Gasteiger charge is 2.27. The molecule has 0 aromatic rings. The van der Waals surface area contributed by atoms with Crippen molar-refractivity contribution in [1.29, 1.82) is 0 Å². The topological polar surface area (TPSA) is 51.1 Å². The fourth-order valence-corrected chi connectivity index (χ4v) is 3.34. The first-order valence-electron chi connectivity index (χ1n) is 8.47. The smallest absolute Gasteiger partial charge is 0.305 e. The molecule has 1 fully saturated rings. The van der Waals surface area contributed by atoms with Crippen LogP contribution in [0.25, 0.3) is 0 Å². The molecule has 1 rings (SSSR count). The summed E-state index contributed by atoms with van der Waals surface area (Å²) in [5, 5.41) is 7.13. The standard InChI is InChI=1S/C17H32N2O3/c1-6-15(13(3)11-17(20)22-5)16(7-2)18-19-10-8-9-14(19)12-21-4/h13-15H,6-12H2,1-5H3/b18-16-/t13-,14-,15-/m0/s1. The zero-order valence-corrected chi connectivity index (χ0v) is 14.8. The molecule has 0 amide bonds. The zero-order valence-electron chi connectivity index (χ0n) is 14.8. The number of carbonyl (C=O) groups excluding carboxylic acids is 1. The molecule has 0 N–H and O–H groups in total. The Kier molecular flexibility index (Phi) is 8.46. The van der Waals surface area contributed by atoms with E-state index in [1.54, 1.807) is 7.11 Å². The lowest BCUT2D eigenvalue weighted by molar-refractivity contribution is -0.141. The van der Waals surface area contributed by atoms with Gasteiger partial charge in [-0.25, -0.2) is 0 Å². The minimum absolute atomic E-state index is 0.139. The molecule has 0 radical (unpaired) electrons. The molecule has 0 spiro atoms. The molecule has 1 saturated heterocycles. The van der Waals surface area contributed by atoms with Crippen LogP contribution >= 0.6 is 0 Å². The summed E-state index contributed by atoms with van der Waals surface area (Å²) in [5.74, 6) is 0.437. The van der Waals surface area contributed by atoms with Crippen molar-refractivity contribution >= 4 is 11.7 Å². The minimum atomic E-state index is -0.139. The maximum atomic E-state index is 11.5. The van der Waals surface area contributed by atoms with Gasteiger partial charge in [-0.15, -0.1) is 0 Å². The number of hydrogen-bond acceptors (Lipinski definition) is 5. The Morgan fingerprint density at radius 2 is 2.09 bits per heavy atom. The second-order valence-electron chi connectivity index (χ2n) is 6.13. The van der Waals surface area contributed by atoms with Gasteiger partial charge in [-0.3, -0.25) is 9.80 Å². The summed E-state index contributed by atoms with van der Waals surface area (Å²) in [5.41, 5.74) is 1.20. The van der Waals surface area contributed by atoms with Crippen LogP contribution < -0.4 is 0 Å². The van der Waals surface area contributed by atoms with E-state index in [-0.39, 0.29) is 11.9 Å². The van der Waals surface area contributed by atoms with E-state index < -0.39 is 0 Å². The van der Waals surface area contributed by atoms with Crippen molar-refractivity contribution in [2.45, 2.75) is 58.9 Å². The normalized spacial score (nSPS) is 21.8. The molecule has 3 atom stereocenters. The SMILES string of the molecule is CC/C(=N/N1CCC[C@H]1COC)[C@@H](CC)[C@@H](C)CC(=O)OC. The van der Waals surface area contributed by atoms with Crippen molar-refractivity contribution in [2.24, 2.45) is 16.9 Å². The number of ether oxygens (including phenoxy) is 2. The van der Waals surface area contributed by atoms with Crippen LogP contribution in [0.1, 0.15) is 52.9 Å². The van der Waals surface area contributed by atoms with Gasteiger partial charge in [-0.05, 0) is 31.6 Å². The fraction of sp³-hybridized carbons (Fsp3) is 0.882. The van der Waals surface area contributed by atoms with Crippen molar-refractivity contribution in [3.63, 3.8) is 0 Å². The lowest BCUT2D eigenvalue weighted by Crippen LogP contribution is -2.32. The van der Waals surface area contributed by atoms with Gasteiger partial charge in [0.25, 0.3) is 0 Å². The monoisotopic (exact) mass is 312 g/mol. The predicted octanol–water partition coefficient (Wildman–Crippen LogP) is 3.09. The van der Waals surface area contributed by atoms with E-state index in [0.29, 0.717) is 18.4 Å². The second kappa shape index (κ2) is 9.82. The van der Waals surface area contributed by atoms with Crippen LogP contribution in [0.15, 0.2) is 5.10 Å². The average molecular weight is 312 g/mol. The van der Waals surface area contributed by atoms with Crippen molar-refractivity contribution in [3.05, 3.63) is 0 Å². The van der Waals surface area contributed by atoms with Gasteiger partial charge in [0.2, 0.25) is 0 Å². The molecule has 0 aromatic heterocycles. The maximum Gasteiger partial charge on any atom is 0.305 e. The maximum absolute atomic E-state index is 11.5. The Morgan fingerprint density at radius 1 is 1.36 bits per heavy atom. The van der Waals surface area contributed by atoms with E-state index in [1.165, 1.54) is 19.2 Å². The summed E-state index contributed by atoms with van der Waals surface area (Å²) in [6, 6.07) is 0.389. The van der Waals surface area contributed by atoms with Gasteiger partial charge < -0.3 is 9.47 Å². The van der Waals surface area contributed by atoms with E-state index >= 15 is 0 Å². The lowest BCUT2D eigenvalue weighted by Gasteiger charge is -2.27. The zero-order chi connectivity index (χ0) is 16.5.